The largest absolute Gasteiger partial charge is 0.453 e. The van der Waals surface area contributed by atoms with Gasteiger partial charge in [-0.3, -0.25) is 5.41 Å². The Morgan fingerprint density at radius 3 is 2.71 bits per heavy atom. The minimum absolute atomic E-state index is 0.188. The second kappa shape index (κ2) is 3.77. The second-order valence-corrected chi connectivity index (χ2v) is 5.09. The second-order valence-electron chi connectivity index (χ2n) is 3.51. The summed E-state index contributed by atoms with van der Waals surface area (Å²) in [6, 6.07) is 6.08. The number of rotatable bonds is 3. The number of nitrogens with one attached hydrogen (secondary N) is 1. The Balaban J connectivity index is 2.47. The maximum atomic E-state index is 11.0. The van der Waals surface area contributed by atoms with Crippen molar-refractivity contribution in [1.29, 1.82) is 5.41 Å². The molecule has 2 aromatic rings. The summed E-state index contributed by atoms with van der Waals surface area (Å²) in [4.78, 5) is 0. The quantitative estimate of drug-likeness (QED) is 0.484. The molecule has 0 radical (unpaired) electrons. The van der Waals surface area contributed by atoms with Crippen molar-refractivity contribution >= 4 is 26.9 Å². The van der Waals surface area contributed by atoms with Gasteiger partial charge in [0.1, 0.15) is 11.3 Å². The zero-order valence-corrected chi connectivity index (χ0v) is 9.74. The van der Waals surface area contributed by atoms with E-state index in [0.29, 0.717) is 11.0 Å². The van der Waals surface area contributed by atoms with Gasteiger partial charge in [0.05, 0.1) is 6.26 Å². The normalized spacial score (nSPS) is 11.6. The summed E-state index contributed by atoms with van der Waals surface area (Å²) in [5, 5.41) is 7.84. The fourth-order valence-corrected chi connectivity index (χ4v) is 1.83. The molecule has 1 aromatic carbocycles. The summed E-state index contributed by atoms with van der Waals surface area (Å²) >= 11 is 0. The van der Waals surface area contributed by atoms with Crippen LogP contribution >= 0.6 is 0 Å². The number of hydrogen-bond acceptors (Lipinski definition) is 5. The van der Waals surface area contributed by atoms with E-state index in [1.54, 1.807) is 12.1 Å². The van der Waals surface area contributed by atoms with Crippen LogP contribution in [0.3, 0.4) is 0 Å². The molecular weight excluding hydrogens is 244 g/mol. The van der Waals surface area contributed by atoms with Gasteiger partial charge in [-0.05, 0) is 24.3 Å². The fourth-order valence-electron chi connectivity index (χ4n) is 1.38. The molecule has 17 heavy (non-hydrogen) atoms. The third-order valence-electron chi connectivity index (χ3n) is 2.00. The van der Waals surface area contributed by atoms with Crippen molar-refractivity contribution in [2.24, 2.45) is 5.73 Å². The predicted octanol–water partition coefficient (Wildman–Crippen LogP) is 1.06. The zero-order chi connectivity index (χ0) is 12.6. The van der Waals surface area contributed by atoms with E-state index in [4.69, 9.17) is 19.7 Å². The Morgan fingerprint density at radius 2 is 2.12 bits per heavy atom. The molecule has 0 unspecified atom stereocenters. The first-order chi connectivity index (χ1) is 7.85. The van der Waals surface area contributed by atoms with Crippen molar-refractivity contribution in [3.8, 4) is 5.75 Å². The van der Waals surface area contributed by atoms with E-state index >= 15 is 0 Å². The van der Waals surface area contributed by atoms with Crippen molar-refractivity contribution in [1.82, 2.24) is 0 Å². The Hall–Kier alpha value is -2.02. The van der Waals surface area contributed by atoms with Crippen LogP contribution in [0.5, 0.6) is 5.75 Å². The summed E-state index contributed by atoms with van der Waals surface area (Å²) in [7, 11) is -3.55. The average molecular weight is 254 g/mol. The SMILES string of the molecule is CS(=O)(=O)Oc1ccc2oc(C(=N)N)cc2c1. The molecule has 90 valence electrons. The van der Waals surface area contributed by atoms with E-state index in [1.807, 2.05) is 0 Å². The van der Waals surface area contributed by atoms with Crippen molar-refractivity contribution < 1.29 is 17.0 Å². The third kappa shape index (κ3) is 2.56. The number of benzene rings is 1. The van der Waals surface area contributed by atoms with Crippen LogP contribution in [0.25, 0.3) is 11.0 Å². The van der Waals surface area contributed by atoms with Gasteiger partial charge in [0.15, 0.2) is 11.6 Å². The van der Waals surface area contributed by atoms with Crippen LogP contribution in [0.4, 0.5) is 0 Å². The van der Waals surface area contributed by atoms with Gasteiger partial charge in [-0.15, -0.1) is 0 Å². The molecule has 0 amide bonds. The molecule has 2 rings (SSSR count). The van der Waals surface area contributed by atoms with Crippen molar-refractivity contribution in [2.75, 3.05) is 6.26 Å². The maximum absolute atomic E-state index is 11.0. The summed E-state index contributed by atoms with van der Waals surface area (Å²) in [6.45, 7) is 0. The molecule has 1 heterocycles. The highest BCUT2D eigenvalue weighted by Gasteiger charge is 2.09. The minimum Gasteiger partial charge on any atom is -0.453 e. The van der Waals surface area contributed by atoms with Gasteiger partial charge >= 0.3 is 10.1 Å². The summed E-state index contributed by atoms with van der Waals surface area (Å²) < 4.78 is 31.9. The topological polar surface area (TPSA) is 106 Å². The highest BCUT2D eigenvalue weighted by atomic mass is 32.2. The minimum atomic E-state index is -3.55. The van der Waals surface area contributed by atoms with Gasteiger partial charge in [0.25, 0.3) is 0 Å². The zero-order valence-electron chi connectivity index (χ0n) is 8.93. The number of amidine groups is 1. The molecule has 0 spiro atoms. The number of fused-ring (bicyclic) bond motifs is 1. The number of furan rings is 1. The first-order valence-electron chi connectivity index (χ1n) is 4.62. The van der Waals surface area contributed by atoms with E-state index in [1.165, 1.54) is 12.1 Å². The molecule has 0 atom stereocenters. The Morgan fingerprint density at radius 1 is 1.41 bits per heavy atom. The van der Waals surface area contributed by atoms with Crippen LogP contribution in [0.15, 0.2) is 28.7 Å². The van der Waals surface area contributed by atoms with Gasteiger partial charge in [-0.2, -0.15) is 8.42 Å². The molecule has 0 aliphatic carbocycles. The average Bonchev–Trinajstić information content (AvgIpc) is 2.57. The van der Waals surface area contributed by atoms with Crippen LogP contribution < -0.4 is 9.92 Å². The standard InChI is InChI=1S/C10H10N2O4S/c1-17(13,14)16-7-2-3-8-6(4-7)5-9(15-8)10(11)12/h2-5H,1H3,(H3,11,12). The van der Waals surface area contributed by atoms with E-state index < -0.39 is 10.1 Å². The van der Waals surface area contributed by atoms with E-state index in [0.717, 1.165) is 6.26 Å². The number of nitrogens with two attached hydrogens (primary N) is 1. The third-order valence-corrected chi connectivity index (χ3v) is 2.50. The van der Waals surface area contributed by atoms with Crippen LogP contribution in [0.2, 0.25) is 0 Å². The smallest absolute Gasteiger partial charge is 0.306 e. The molecule has 0 aliphatic heterocycles. The van der Waals surface area contributed by atoms with Crippen LogP contribution in [0, 0.1) is 5.41 Å². The molecule has 3 N–H and O–H groups in total. The van der Waals surface area contributed by atoms with Gasteiger partial charge in [-0.25, -0.2) is 0 Å². The lowest BCUT2D eigenvalue weighted by Gasteiger charge is -2.01. The fraction of sp³-hybridized carbons (Fsp3) is 0.100. The van der Waals surface area contributed by atoms with Gasteiger partial charge < -0.3 is 14.3 Å². The van der Waals surface area contributed by atoms with E-state index in [9.17, 15) is 8.42 Å². The van der Waals surface area contributed by atoms with Crippen LogP contribution in [-0.4, -0.2) is 20.5 Å². The molecule has 0 aliphatic rings. The molecule has 0 saturated carbocycles. The van der Waals surface area contributed by atoms with E-state index in [2.05, 4.69) is 0 Å². The monoisotopic (exact) mass is 254 g/mol. The van der Waals surface area contributed by atoms with Crippen molar-refractivity contribution in [3.63, 3.8) is 0 Å². The molecule has 1 aromatic heterocycles. The summed E-state index contributed by atoms with van der Waals surface area (Å²) in [5.41, 5.74) is 5.79. The lowest BCUT2D eigenvalue weighted by molar-refractivity contribution is 0.493. The van der Waals surface area contributed by atoms with Gasteiger partial charge in [0, 0.05) is 5.39 Å². The molecule has 0 saturated heterocycles. The highest BCUT2D eigenvalue weighted by molar-refractivity contribution is 7.86. The Bertz CT molecular complexity index is 687. The number of nitrogen functional groups attached to an aromatic ring is 1. The Labute approximate surface area is 97.6 Å². The maximum Gasteiger partial charge on any atom is 0.306 e. The first-order valence-corrected chi connectivity index (χ1v) is 6.44. The first kappa shape index (κ1) is 11.5. The lowest BCUT2D eigenvalue weighted by atomic mass is 10.2. The highest BCUT2D eigenvalue weighted by Crippen LogP contribution is 2.24. The lowest BCUT2D eigenvalue weighted by Crippen LogP contribution is -2.09. The Kier molecular flexibility index (Phi) is 2.55. The van der Waals surface area contributed by atoms with Crippen LogP contribution in [0.1, 0.15) is 5.76 Å². The van der Waals surface area contributed by atoms with Crippen molar-refractivity contribution in [3.05, 3.63) is 30.0 Å². The molecule has 0 bridgehead atoms. The van der Waals surface area contributed by atoms with Crippen LogP contribution in [-0.2, 0) is 10.1 Å². The molecule has 6 nitrogen and oxygen atoms in total. The van der Waals surface area contributed by atoms with E-state index in [-0.39, 0.29) is 17.3 Å². The summed E-state index contributed by atoms with van der Waals surface area (Å²) in [5.74, 6) is 0.235. The predicted molar refractivity (Wildman–Crippen MR) is 62.7 cm³/mol. The van der Waals surface area contributed by atoms with Gasteiger partial charge in [-0.1, -0.05) is 0 Å². The van der Waals surface area contributed by atoms with Gasteiger partial charge in [0.2, 0.25) is 0 Å². The molecule has 7 heteroatoms. The summed E-state index contributed by atoms with van der Waals surface area (Å²) in [6.07, 6.45) is 0.966. The molecular formula is C10H10N2O4S. The number of hydrogen-bond donors (Lipinski definition) is 2. The van der Waals surface area contributed by atoms with Crippen molar-refractivity contribution in [2.45, 2.75) is 0 Å². The molecule has 0 fully saturated rings.